The zero-order valence-corrected chi connectivity index (χ0v) is 9.71. The molecule has 0 aromatic heterocycles. The number of hydrogen-bond donors (Lipinski definition) is 0. The van der Waals surface area contributed by atoms with Gasteiger partial charge in [-0.15, -0.1) is 0 Å². The second kappa shape index (κ2) is 3.36. The van der Waals surface area contributed by atoms with Crippen LogP contribution in [0.3, 0.4) is 0 Å². The van der Waals surface area contributed by atoms with Crippen molar-refractivity contribution in [3.05, 3.63) is 12.4 Å². The fraction of sp³-hybridized carbons (Fsp3) is 0.750. The molecular formula is C8H18BrP. The average Bonchev–Trinajstić information content (AvgIpc) is 2.04. The third-order valence-corrected chi connectivity index (χ3v) is 13.5. The van der Waals surface area contributed by atoms with Gasteiger partial charge in [-0.05, 0) is 0 Å². The standard InChI is InChI=1S/C8H18BrP/c1-5-10(9,6-2,7-3)8-4/h5H,1,6-8H2,2-4H3. The maximum atomic E-state index is 3.93. The summed E-state index contributed by atoms with van der Waals surface area (Å²) in [7, 11) is 0. The summed E-state index contributed by atoms with van der Waals surface area (Å²) in [6.45, 7) is 10.7. The Balaban J connectivity index is 4.59. The molecule has 0 unspecified atom stereocenters. The molecule has 0 fully saturated rings. The molecule has 0 spiro atoms. The molecule has 0 aromatic rings. The van der Waals surface area contributed by atoms with Gasteiger partial charge in [-0.2, -0.15) is 0 Å². The van der Waals surface area contributed by atoms with Gasteiger partial charge in [-0.1, -0.05) is 0 Å². The summed E-state index contributed by atoms with van der Waals surface area (Å²) in [5, 5.41) is -1.58. The van der Waals surface area contributed by atoms with Gasteiger partial charge in [-0.3, -0.25) is 0 Å². The Morgan fingerprint density at radius 1 is 1.20 bits per heavy atom. The molecular weight excluding hydrogens is 207 g/mol. The van der Waals surface area contributed by atoms with Gasteiger partial charge in [-0.25, -0.2) is 0 Å². The molecule has 0 heterocycles. The van der Waals surface area contributed by atoms with E-state index >= 15 is 0 Å². The van der Waals surface area contributed by atoms with Crippen LogP contribution in [-0.2, 0) is 0 Å². The molecule has 62 valence electrons. The molecule has 0 aliphatic heterocycles. The van der Waals surface area contributed by atoms with Crippen molar-refractivity contribution in [3.8, 4) is 0 Å². The van der Waals surface area contributed by atoms with Gasteiger partial charge in [0.1, 0.15) is 0 Å². The Morgan fingerprint density at radius 2 is 1.50 bits per heavy atom. The molecule has 0 bridgehead atoms. The molecule has 0 amide bonds. The van der Waals surface area contributed by atoms with E-state index in [0.717, 1.165) is 0 Å². The van der Waals surface area contributed by atoms with Crippen LogP contribution in [-0.4, -0.2) is 18.5 Å². The Hall–Kier alpha value is 0.650. The zero-order chi connectivity index (χ0) is 8.28. The Bertz CT molecular complexity index is 116. The molecule has 2 heteroatoms. The van der Waals surface area contributed by atoms with E-state index in [0.29, 0.717) is 0 Å². The fourth-order valence-corrected chi connectivity index (χ4v) is 3.17. The molecule has 0 atom stereocenters. The molecule has 0 aliphatic rings. The van der Waals surface area contributed by atoms with Crippen molar-refractivity contribution in [2.24, 2.45) is 0 Å². The van der Waals surface area contributed by atoms with Crippen molar-refractivity contribution in [1.29, 1.82) is 0 Å². The van der Waals surface area contributed by atoms with E-state index < -0.39 is 5.31 Å². The first-order valence-electron chi connectivity index (χ1n) is 3.91. The van der Waals surface area contributed by atoms with Crippen LogP contribution in [0.15, 0.2) is 12.4 Å². The van der Waals surface area contributed by atoms with E-state index in [1.54, 1.807) is 0 Å². The molecule has 10 heavy (non-hydrogen) atoms. The number of halogens is 1. The quantitative estimate of drug-likeness (QED) is 0.633. The van der Waals surface area contributed by atoms with Crippen molar-refractivity contribution in [3.63, 3.8) is 0 Å². The van der Waals surface area contributed by atoms with Gasteiger partial charge in [0, 0.05) is 0 Å². The van der Waals surface area contributed by atoms with Crippen LogP contribution in [0.1, 0.15) is 20.8 Å². The van der Waals surface area contributed by atoms with E-state index in [2.05, 4.69) is 48.7 Å². The molecule has 0 nitrogen and oxygen atoms in total. The van der Waals surface area contributed by atoms with Crippen molar-refractivity contribution >= 4 is 20.8 Å². The van der Waals surface area contributed by atoms with E-state index in [1.807, 2.05) is 0 Å². The fourth-order valence-electron chi connectivity index (χ4n) is 1.06. The summed E-state index contributed by atoms with van der Waals surface area (Å²) in [5.41, 5.74) is 0. The van der Waals surface area contributed by atoms with Crippen LogP contribution in [0.5, 0.6) is 0 Å². The summed E-state index contributed by atoms with van der Waals surface area (Å²) < 4.78 is 0. The van der Waals surface area contributed by atoms with E-state index in [-0.39, 0.29) is 0 Å². The normalized spacial score (nSPS) is 15.8. The first-order chi connectivity index (χ1) is 4.54. The predicted octanol–water partition coefficient (Wildman–Crippen LogP) is 4.05. The first kappa shape index (κ1) is 10.7. The molecule has 0 saturated carbocycles. The molecule has 0 rings (SSSR count). The van der Waals surface area contributed by atoms with Crippen LogP contribution in [0.2, 0.25) is 0 Å². The van der Waals surface area contributed by atoms with Gasteiger partial charge in [0.05, 0.1) is 0 Å². The second-order valence-electron chi connectivity index (χ2n) is 2.81. The maximum absolute atomic E-state index is 3.93. The van der Waals surface area contributed by atoms with Crippen LogP contribution >= 0.6 is 20.8 Å². The third-order valence-electron chi connectivity index (χ3n) is 2.70. The van der Waals surface area contributed by atoms with Crippen LogP contribution in [0.4, 0.5) is 0 Å². The van der Waals surface area contributed by atoms with Gasteiger partial charge >= 0.3 is 72.4 Å². The first-order valence-corrected chi connectivity index (χ1v) is 8.79. The zero-order valence-electron chi connectivity index (χ0n) is 7.23. The molecule has 0 aliphatic carbocycles. The Labute approximate surface area is 72.8 Å². The molecule has 0 N–H and O–H groups in total. The summed E-state index contributed by atoms with van der Waals surface area (Å²) in [5.74, 6) is 2.17. The van der Waals surface area contributed by atoms with Gasteiger partial charge in [0.2, 0.25) is 0 Å². The van der Waals surface area contributed by atoms with Crippen LogP contribution < -0.4 is 0 Å². The third kappa shape index (κ3) is 1.83. The second-order valence-corrected chi connectivity index (χ2v) is 14.2. The van der Waals surface area contributed by atoms with Crippen LogP contribution in [0, 0.1) is 0 Å². The van der Waals surface area contributed by atoms with Crippen molar-refractivity contribution in [2.45, 2.75) is 20.8 Å². The van der Waals surface area contributed by atoms with Crippen molar-refractivity contribution < 1.29 is 0 Å². The average molecular weight is 225 g/mol. The van der Waals surface area contributed by atoms with E-state index in [9.17, 15) is 0 Å². The summed E-state index contributed by atoms with van der Waals surface area (Å²) in [6, 6.07) is 0. The van der Waals surface area contributed by atoms with E-state index in [4.69, 9.17) is 0 Å². The Morgan fingerprint density at radius 3 is 1.50 bits per heavy atom. The predicted molar refractivity (Wildman–Crippen MR) is 57.7 cm³/mol. The molecule has 0 aromatic carbocycles. The Kier molecular flexibility index (Phi) is 3.58. The topological polar surface area (TPSA) is 0 Å². The van der Waals surface area contributed by atoms with Crippen molar-refractivity contribution in [1.82, 2.24) is 0 Å². The minimum atomic E-state index is -1.58. The van der Waals surface area contributed by atoms with E-state index in [1.165, 1.54) is 18.5 Å². The summed E-state index contributed by atoms with van der Waals surface area (Å²) in [4.78, 5) is 0. The SMILES string of the molecule is C=CP(Br)(CC)(CC)CC. The summed E-state index contributed by atoms with van der Waals surface area (Å²) in [6.07, 6.45) is 3.71. The summed E-state index contributed by atoms with van der Waals surface area (Å²) >= 11 is 3.90. The monoisotopic (exact) mass is 224 g/mol. The van der Waals surface area contributed by atoms with Gasteiger partial charge in [0.15, 0.2) is 0 Å². The van der Waals surface area contributed by atoms with Gasteiger partial charge < -0.3 is 0 Å². The van der Waals surface area contributed by atoms with Crippen LogP contribution in [0.25, 0.3) is 0 Å². The molecule has 0 saturated heterocycles. The van der Waals surface area contributed by atoms with Gasteiger partial charge in [0.25, 0.3) is 0 Å². The molecule has 0 radical (unpaired) electrons. The minimum absolute atomic E-state index is 1.24. The number of rotatable bonds is 4. The number of hydrogen-bond acceptors (Lipinski definition) is 0. The van der Waals surface area contributed by atoms with Crippen molar-refractivity contribution in [2.75, 3.05) is 18.5 Å².